The van der Waals surface area contributed by atoms with Crippen molar-refractivity contribution in [3.63, 3.8) is 0 Å². The summed E-state index contributed by atoms with van der Waals surface area (Å²) in [4.78, 5) is 10.7. The molecule has 100 valence electrons. The zero-order valence-corrected chi connectivity index (χ0v) is 11.2. The van der Waals surface area contributed by atoms with Crippen LogP contribution in [0.15, 0.2) is 24.3 Å². The van der Waals surface area contributed by atoms with Gasteiger partial charge in [-0.1, -0.05) is 24.3 Å². The zero-order valence-electron chi connectivity index (χ0n) is 10.3. The highest BCUT2D eigenvalue weighted by molar-refractivity contribution is 7.79. The molecule has 0 radical (unpaired) electrons. The molecule has 1 amide bonds. The quantitative estimate of drug-likeness (QED) is 0.583. The van der Waals surface area contributed by atoms with E-state index in [-0.39, 0.29) is 5.91 Å². The summed E-state index contributed by atoms with van der Waals surface area (Å²) in [7, 11) is 0. The van der Waals surface area contributed by atoms with Crippen LogP contribution in [0.3, 0.4) is 0 Å². The first kappa shape index (κ1) is 15.0. The van der Waals surface area contributed by atoms with Gasteiger partial charge in [-0.2, -0.15) is 12.6 Å². The molecule has 0 fully saturated rings. The van der Waals surface area contributed by atoms with Crippen molar-refractivity contribution in [1.82, 2.24) is 5.32 Å². The minimum absolute atomic E-state index is 0.145. The van der Waals surface area contributed by atoms with Crippen molar-refractivity contribution >= 4 is 18.5 Å². The van der Waals surface area contributed by atoms with E-state index < -0.39 is 12.2 Å². The summed E-state index contributed by atoms with van der Waals surface area (Å²) < 4.78 is 0. The standard InChI is InChI=1S/C13H19NO3S/c1-9(15)14-6-5-12(16)13(17)11-4-2-3-10(7-11)8-18/h2-4,7,12-13,16-18H,5-6,8H2,1H3,(H,14,15). The Kier molecular flexibility index (Phi) is 6.18. The lowest BCUT2D eigenvalue weighted by Gasteiger charge is -2.18. The minimum Gasteiger partial charge on any atom is -0.390 e. The number of nitrogens with one attached hydrogen (secondary N) is 1. The van der Waals surface area contributed by atoms with Crippen molar-refractivity contribution in [3.8, 4) is 0 Å². The van der Waals surface area contributed by atoms with Crippen molar-refractivity contribution in [2.24, 2.45) is 0 Å². The molecule has 0 saturated heterocycles. The Morgan fingerprint density at radius 1 is 1.44 bits per heavy atom. The van der Waals surface area contributed by atoms with Gasteiger partial charge in [0.25, 0.3) is 0 Å². The Bertz CT molecular complexity index is 398. The van der Waals surface area contributed by atoms with Crippen LogP contribution in [0.1, 0.15) is 30.6 Å². The molecule has 0 bridgehead atoms. The number of carbonyl (C=O) groups excluding carboxylic acids is 1. The van der Waals surface area contributed by atoms with Crippen LogP contribution < -0.4 is 5.32 Å². The highest BCUT2D eigenvalue weighted by Crippen LogP contribution is 2.20. The van der Waals surface area contributed by atoms with E-state index in [1.807, 2.05) is 18.2 Å². The van der Waals surface area contributed by atoms with Gasteiger partial charge in [0.1, 0.15) is 6.10 Å². The summed E-state index contributed by atoms with van der Waals surface area (Å²) >= 11 is 4.16. The van der Waals surface area contributed by atoms with E-state index in [1.54, 1.807) is 6.07 Å². The van der Waals surface area contributed by atoms with Crippen LogP contribution in [0.2, 0.25) is 0 Å². The van der Waals surface area contributed by atoms with E-state index in [0.29, 0.717) is 24.3 Å². The molecule has 0 spiro atoms. The van der Waals surface area contributed by atoms with Crippen LogP contribution in [0.4, 0.5) is 0 Å². The third-order valence-electron chi connectivity index (χ3n) is 2.65. The molecule has 0 aliphatic rings. The largest absolute Gasteiger partial charge is 0.390 e. The number of amides is 1. The first-order valence-corrected chi connectivity index (χ1v) is 6.48. The second-order valence-corrected chi connectivity index (χ2v) is 4.50. The van der Waals surface area contributed by atoms with E-state index in [4.69, 9.17) is 0 Å². The summed E-state index contributed by atoms with van der Waals surface area (Å²) in [6.45, 7) is 1.76. The van der Waals surface area contributed by atoms with Crippen LogP contribution >= 0.6 is 12.6 Å². The van der Waals surface area contributed by atoms with Crippen LogP contribution in [0.25, 0.3) is 0 Å². The summed E-state index contributed by atoms with van der Waals surface area (Å²) in [5, 5.41) is 22.4. The summed E-state index contributed by atoms with van der Waals surface area (Å²) in [5.74, 6) is 0.441. The summed E-state index contributed by atoms with van der Waals surface area (Å²) in [5.41, 5.74) is 1.65. The number of aliphatic hydroxyl groups is 2. The average Bonchev–Trinajstić information content (AvgIpc) is 2.37. The van der Waals surface area contributed by atoms with E-state index in [1.165, 1.54) is 6.92 Å². The predicted octanol–water partition coefficient (Wildman–Crippen LogP) is 1.04. The first-order chi connectivity index (χ1) is 8.54. The molecule has 0 heterocycles. The molecule has 3 N–H and O–H groups in total. The first-order valence-electron chi connectivity index (χ1n) is 5.85. The minimum atomic E-state index is -0.946. The predicted molar refractivity (Wildman–Crippen MR) is 73.4 cm³/mol. The van der Waals surface area contributed by atoms with Crippen molar-refractivity contribution in [1.29, 1.82) is 0 Å². The van der Waals surface area contributed by atoms with Gasteiger partial charge in [-0.05, 0) is 17.5 Å². The zero-order chi connectivity index (χ0) is 13.5. The second-order valence-electron chi connectivity index (χ2n) is 4.19. The molecule has 2 atom stereocenters. The lowest BCUT2D eigenvalue weighted by atomic mass is 10.0. The van der Waals surface area contributed by atoms with Crippen LogP contribution in [-0.4, -0.2) is 28.8 Å². The third-order valence-corrected chi connectivity index (χ3v) is 3.02. The SMILES string of the molecule is CC(=O)NCCC(O)C(O)c1cccc(CS)c1. The van der Waals surface area contributed by atoms with Gasteiger partial charge in [-0.25, -0.2) is 0 Å². The molecule has 5 heteroatoms. The summed E-state index contributed by atoms with van der Waals surface area (Å²) in [6.07, 6.45) is -1.53. The van der Waals surface area contributed by atoms with Crippen LogP contribution in [0, 0.1) is 0 Å². The highest BCUT2D eigenvalue weighted by atomic mass is 32.1. The van der Waals surface area contributed by atoms with Gasteiger partial charge in [0.2, 0.25) is 5.91 Å². The number of aliphatic hydroxyl groups excluding tert-OH is 2. The molecule has 0 aliphatic heterocycles. The van der Waals surface area contributed by atoms with Crippen LogP contribution in [-0.2, 0) is 10.5 Å². The molecule has 0 aliphatic carbocycles. The van der Waals surface area contributed by atoms with E-state index in [9.17, 15) is 15.0 Å². The molecule has 0 aromatic heterocycles. The fourth-order valence-corrected chi connectivity index (χ4v) is 1.85. The third kappa shape index (κ3) is 4.68. The molecule has 2 unspecified atom stereocenters. The van der Waals surface area contributed by atoms with Crippen molar-refractivity contribution < 1.29 is 15.0 Å². The Balaban J connectivity index is 2.56. The normalized spacial score (nSPS) is 14.0. The van der Waals surface area contributed by atoms with Gasteiger partial charge in [-0.15, -0.1) is 0 Å². The number of rotatable bonds is 6. The maximum atomic E-state index is 10.7. The van der Waals surface area contributed by atoms with Gasteiger partial charge in [-0.3, -0.25) is 4.79 Å². The number of carbonyl (C=O) groups is 1. The van der Waals surface area contributed by atoms with E-state index >= 15 is 0 Å². The second kappa shape index (κ2) is 7.41. The Labute approximate surface area is 112 Å². The Morgan fingerprint density at radius 2 is 2.17 bits per heavy atom. The molecule has 1 aromatic carbocycles. The Morgan fingerprint density at radius 3 is 2.78 bits per heavy atom. The smallest absolute Gasteiger partial charge is 0.216 e. The van der Waals surface area contributed by atoms with Gasteiger partial charge in [0.15, 0.2) is 0 Å². The molecule has 4 nitrogen and oxygen atoms in total. The highest BCUT2D eigenvalue weighted by Gasteiger charge is 2.18. The topological polar surface area (TPSA) is 69.6 Å². The molecule has 18 heavy (non-hydrogen) atoms. The maximum absolute atomic E-state index is 10.7. The molecule has 0 saturated carbocycles. The number of hydrogen-bond donors (Lipinski definition) is 4. The summed E-state index contributed by atoms with van der Waals surface area (Å²) in [6, 6.07) is 7.32. The van der Waals surface area contributed by atoms with E-state index in [2.05, 4.69) is 17.9 Å². The molecular weight excluding hydrogens is 250 g/mol. The van der Waals surface area contributed by atoms with Gasteiger partial charge in [0, 0.05) is 19.2 Å². The van der Waals surface area contributed by atoms with Crippen LogP contribution in [0.5, 0.6) is 0 Å². The lowest BCUT2D eigenvalue weighted by molar-refractivity contribution is -0.119. The van der Waals surface area contributed by atoms with Crippen molar-refractivity contribution in [2.75, 3.05) is 6.54 Å². The van der Waals surface area contributed by atoms with Crippen molar-refractivity contribution in [3.05, 3.63) is 35.4 Å². The van der Waals surface area contributed by atoms with Gasteiger partial charge < -0.3 is 15.5 Å². The van der Waals surface area contributed by atoms with Gasteiger partial charge >= 0.3 is 0 Å². The average molecular weight is 269 g/mol. The number of benzene rings is 1. The molecule has 1 rings (SSSR count). The fourth-order valence-electron chi connectivity index (χ4n) is 1.65. The van der Waals surface area contributed by atoms with Gasteiger partial charge in [0.05, 0.1) is 6.10 Å². The lowest BCUT2D eigenvalue weighted by Crippen LogP contribution is -2.27. The Hall–Kier alpha value is -1.04. The fraction of sp³-hybridized carbons (Fsp3) is 0.462. The molecule has 1 aromatic rings. The number of thiol groups is 1. The molecular formula is C13H19NO3S. The number of hydrogen-bond acceptors (Lipinski definition) is 4. The van der Waals surface area contributed by atoms with Crippen molar-refractivity contribution in [2.45, 2.75) is 31.3 Å². The van der Waals surface area contributed by atoms with E-state index in [0.717, 1.165) is 5.56 Å². The monoisotopic (exact) mass is 269 g/mol. The maximum Gasteiger partial charge on any atom is 0.216 e.